The Bertz CT molecular complexity index is 4670. The lowest BCUT2D eigenvalue weighted by Gasteiger charge is -2.34. The largest absolute Gasteiger partial charge is 0.459 e. The number of carbonyl (C=O) groups excluding carboxylic acids is 6. The van der Waals surface area contributed by atoms with Crippen LogP contribution >= 0.6 is 0 Å². The summed E-state index contributed by atoms with van der Waals surface area (Å²) in [5, 5.41) is 0.759. The number of esters is 6. The van der Waals surface area contributed by atoms with Gasteiger partial charge in [-0.1, -0.05) is 109 Å². The molecule has 0 radical (unpaired) electrons. The third-order valence-electron chi connectivity index (χ3n) is 15.4. The zero-order chi connectivity index (χ0) is 65.4. The summed E-state index contributed by atoms with van der Waals surface area (Å²) in [6, 6.07) is 53.3. The first kappa shape index (κ1) is 62.8. The molecule has 6 heterocycles. The van der Waals surface area contributed by atoms with E-state index in [1.54, 1.807) is 195 Å². The lowest BCUT2D eigenvalue weighted by molar-refractivity contribution is -0.111. The molecule has 2 fully saturated rings. The number of nitrogens with one attached hydrogen (secondary N) is 2. The summed E-state index contributed by atoms with van der Waals surface area (Å²) in [5.41, 5.74) is -4.52. The molecule has 4 aromatic heterocycles. The number of carbonyl (C=O) groups is 6. The predicted molar refractivity (Wildman–Crippen MR) is 331 cm³/mol. The Labute approximate surface area is 526 Å². The van der Waals surface area contributed by atoms with E-state index in [9.17, 15) is 47.9 Å². The van der Waals surface area contributed by atoms with Crippen molar-refractivity contribution in [1.29, 1.82) is 0 Å². The second kappa shape index (κ2) is 27.1. The van der Waals surface area contributed by atoms with Crippen molar-refractivity contribution in [2.45, 2.75) is 68.8 Å². The second-order valence-corrected chi connectivity index (χ2v) is 21.8. The van der Waals surface area contributed by atoms with Gasteiger partial charge in [0.05, 0.1) is 33.4 Å². The number of hydrogen-bond acceptors (Lipinski definition) is 20. The van der Waals surface area contributed by atoms with Gasteiger partial charge in [0.15, 0.2) is 35.9 Å². The summed E-state index contributed by atoms with van der Waals surface area (Å²) < 4.78 is 50.2. The number of benzene rings is 6. The molecule has 8 atom stereocenters. The fourth-order valence-electron chi connectivity index (χ4n) is 10.7. The van der Waals surface area contributed by atoms with E-state index >= 15 is 0 Å². The third kappa shape index (κ3) is 13.7. The van der Waals surface area contributed by atoms with Crippen molar-refractivity contribution in [3.8, 4) is 0 Å². The Morgan fingerprint density at radius 1 is 0.441 bits per heavy atom. The van der Waals surface area contributed by atoms with Gasteiger partial charge in [-0.25, -0.2) is 38.4 Å². The summed E-state index contributed by atoms with van der Waals surface area (Å²) in [4.78, 5) is 144. The van der Waals surface area contributed by atoms with Crippen LogP contribution in [0.5, 0.6) is 0 Å². The number of aromatic nitrogens is 6. The Morgan fingerprint density at radius 2 is 0.774 bits per heavy atom. The van der Waals surface area contributed by atoms with Crippen LogP contribution in [0, 0.1) is 6.92 Å². The van der Waals surface area contributed by atoms with E-state index < -0.39 is 120 Å². The van der Waals surface area contributed by atoms with Gasteiger partial charge in [0.25, 0.3) is 5.56 Å². The molecule has 93 heavy (non-hydrogen) atoms. The highest BCUT2D eigenvalue weighted by Crippen LogP contribution is 2.45. The smallest absolute Gasteiger partial charge is 0.351 e. The van der Waals surface area contributed by atoms with Crippen molar-refractivity contribution >= 4 is 57.9 Å². The van der Waals surface area contributed by atoms with Gasteiger partial charge in [-0.05, 0) is 106 Å². The molecule has 0 amide bonds. The Hall–Kier alpha value is -11.8. The molecule has 24 nitrogen and oxygen atoms in total. The summed E-state index contributed by atoms with van der Waals surface area (Å²) in [7, 11) is 0. The number of H-pyrrole nitrogens is 2. The van der Waals surface area contributed by atoms with Gasteiger partial charge < -0.3 is 47.9 Å². The monoisotopic (exact) mass is 1260 g/mol. The summed E-state index contributed by atoms with van der Waals surface area (Å²) in [6.45, 7) is 3.66. The first-order chi connectivity index (χ1) is 44.9. The van der Waals surface area contributed by atoms with Crippen LogP contribution in [0.15, 0.2) is 232 Å². The summed E-state index contributed by atoms with van der Waals surface area (Å²) in [6.07, 6.45) is -5.27. The highest BCUT2D eigenvalue weighted by Gasteiger charge is 2.62. The highest BCUT2D eigenvalue weighted by molar-refractivity contribution is 5.93. The molecule has 470 valence electrons. The SMILES string of the molecule is C[C@@]1(OC(=O)c2ccccc2)[C@H](OC(=O)c2ccccc2)[C@@H](COC(=O)c2ccccc2)O[C@H]1n1cc2ccc(=O)[nH]c2nc1=O.Cc1cc2cn([C@@H]3O[C@H](COC(=O)c4ccccc4)[C@@H](OC(=O)c4ccccc4)[C@@]3(C)OC(=O)c3ccccc3)c(=O)nc2[nH]c1=O. The maximum atomic E-state index is 13.6. The van der Waals surface area contributed by atoms with Crippen LogP contribution in [0.25, 0.3) is 22.1 Å². The number of pyridine rings is 2. The summed E-state index contributed by atoms with van der Waals surface area (Å²) in [5.74, 6) is -4.44. The lowest BCUT2D eigenvalue weighted by Crippen LogP contribution is -2.51. The van der Waals surface area contributed by atoms with Gasteiger partial charge in [-0.3, -0.25) is 18.7 Å². The van der Waals surface area contributed by atoms with Crippen molar-refractivity contribution in [2.75, 3.05) is 13.2 Å². The fourth-order valence-corrected chi connectivity index (χ4v) is 10.7. The van der Waals surface area contributed by atoms with Gasteiger partial charge in [0.1, 0.15) is 36.7 Å². The van der Waals surface area contributed by atoms with E-state index in [-0.39, 0.29) is 44.7 Å². The van der Waals surface area contributed by atoms with Crippen LogP contribution in [-0.4, -0.2) is 114 Å². The minimum atomic E-state index is -1.88. The normalized spacial score (nSPS) is 20.5. The van der Waals surface area contributed by atoms with E-state index in [2.05, 4.69) is 19.9 Å². The van der Waals surface area contributed by atoms with Crippen molar-refractivity contribution in [3.63, 3.8) is 0 Å². The number of ether oxygens (including phenoxy) is 8. The van der Waals surface area contributed by atoms with Crippen LogP contribution in [0.1, 0.15) is 94.0 Å². The molecule has 0 spiro atoms. The van der Waals surface area contributed by atoms with E-state index in [0.717, 1.165) is 9.13 Å². The number of nitrogens with zero attached hydrogens (tertiary/aromatic N) is 4. The zero-order valence-corrected chi connectivity index (χ0v) is 49.7. The zero-order valence-electron chi connectivity index (χ0n) is 49.7. The average Bonchev–Trinajstić information content (AvgIpc) is 1.62. The maximum absolute atomic E-state index is 13.6. The number of aromatic amines is 2. The molecule has 12 rings (SSSR count). The van der Waals surface area contributed by atoms with Crippen LogP contribution in [0.3, 0.4) is 0 Å². The van der Waals surface area contributed by atoms with Gasteiger partial charge >= 0.3 is 47.2 Å². The minimum Gasteiger partial charge on any atom is -0.459 e. The van der Waals surface area contributed by atoms with Gasteiger partial charge in [0.2, 0.25) is 5.56 Å². The van der Waals surface area contributed by atoms with E-state index in [1.165, 1.54) is 38.4 Å². The molecule has 0 unspecified atom stereocenters. The molecule has 2 N–H and O–H groups in total. The molecule has 0 aliphatic carbocycles. The molecule has 0 saturated carbocycles. The number of aryl methyl sites for hydroxylation is 1. The molecule has 2 aliphatic heterocycles. The van der Waals surface area contributed by atoms with E-state index in [1.807, 2.05) is 0 Å². The topological polar surface area (TPSA) is 312 Å². The average molecular weight is 1260 g/mol. The van der Waals surface area contributed by atoms with Crippen LogP contribution < -0.4 is 22.5 Å². The Balaban J connectivity index is 0.000000190. The number of fused-ring (bicyclic) bond motifs is 2. The van der Waals surface area contributed by atoms with Gasteiger partial charge in [-0.2, -0.15) is 9.97 Å². The predicted octanol–water partition coefficient (Wildman–Crippen LogP) is 7.67. The van der Waals surface area contributed by atoms with Crippen molar-refractivity contribution in [1.82, 2.24) is 29.1 Å². The van der Waals surface area contributed by atoms with Crippen LogP contribution in [-0.2, 0) is 37.9 Å². The van der Waals surface area contributed by atoms with Crippen molar-refractivity contribution in [2.24, 2.45) is 0 Å². The van der Waals surface area contributed by atoms with Crippen molar-refractivity contribution < 1.29 is 66.7 Å². The van der Waals surface area contributed by atoms with Crippen LogP contribution in [0.2, 0.25) is 0 Å². The minimum absolute atomic E-state index is 0.0372. The molecular formula is C69H56N6O18. The first-order valence-corrected chi connectivity index (χ1v) is 29.0. The van der Waals surface area contributed by atoms with Gasteiger partial charge in [-0.15, -0.1) is 0 Å². The van der Waals surface area contributed by atoms with Gasteiger partial charge in [0, 0.05) is 34.8 Å². The Morgan fingerprint density at radius 3 is 1.15 bits per heavy atom. The van der Waals surface area contributed by atoms with E-state index in [4.69, 9.17) is 37.9 Å². The fraction of sp³-hybridized carbons (Fsp3) is 0.188. The standard InChI is InChI=1S/C35H29N3O9.C34H27N3O9/c1-21-18-25-19-38(34(43)37-28(25)36-29(21)39)33-35(2,47-32(42)24-16-10-5-11-17-24)27(46-31(41)23-14-8-4-9-15-23)26(45-33)20-44-30(40)22-12-6-3-7-13-22;1-34(46-31(41)23-15-9-4-10-16-23)27(45-30(40)22-13-7-3-8-14-22)25(20-43-29(39)21-11-5-2-6-12-21)44-32(34)37-19-24-17-18-26(38)35-28(24)36-33(37)42/h3-19,26-27,33H,20H2,1-2H3,(H,36,37,39,43);2-19,25,27,32H,20H2,1H3,(H,35,36,38,42)/t26-,27-,33-,35-;25-,27-,32-,34-/m11/s1. The second-order valence-electron chi connectivity index (χ2n) is 21.8. The summed E-state index contributed by atoms with van der Waals surface area (Å²) >= 11 is 0. The molecule has 24 heteroatoms. The molecule has 2 aliphatic rings. The van der Waals surface area contributed by atoms with E-state index in [0.29, 0.717) is 16.3 Å². The highest BCUT2D eigenvalue weighted by atomic mass is 16.7. The third-order valence-corrected chi connectivity index (χ3v) is 15.4. The quantitative estimate of drug-likeness (QED) is 0.0692. The number of hydrogen-bond donors (Lipinski definition) is 2. The van der Waals surface area contributed by atoms with Crippen molar-refractivity contribution in [3.05, 3.63) is 293 Å². The molecule has 6 aromatic carbocycles. The molecule has 2 saturated heterocycles. The molecule has 10 aromatic rings. The lowest BCUT2D eigenvalue weighted by atomic mass is 9.95. The molecule has 0 bridgehead atoms. The number of rotatable bonds is 16. The first-order valence-electron chi connectivity index (χ1n) is 29.0. The van der Waals surface area contributed by atoms with Crippen LogP contribution in [0.4, 0.5) is 0 Å². The molecular weight excluding hydrogens is 1200 g/mol. The maximum Gasteiger partial charge on any atom is 0.351 e. The Kier molecular flexibility index (Phi) is 18.3.